The van der Waals surface area contributed by atoms with Gasteiger partial charge in [0, 0.05) is 31.7 Å². The molecule has 0 aliphatic heterocycles. The van der Waals surface area contributed by atoms with Crippen LogP contribution in [0.4, 0.5) is 15.8 Å². The molecule has 1 aromatic carbocycles. The number of aromatic nitrogens is 1. The average molecular weight is 231 g/mol. The van der Waals surface area contributed by atoms with Crippen LogP contribution in [0.15, 0.2) is 42.7 Å². The monoisotopic (exact) mass is 231 g/mol. The molecule has 0 saturated heterocycles. The van der Waals surface area contributed by atoms with Crippen LogP contribution in [-0.2, 0) is 6.54 Å². The summed E-state index contributed by atoms with van der Waals surface area (Å²) in [4.78, 5) is 5.78. The number of nitrogen functional groups attached to an aromatic ring is 1. The van der Waals surface area contributed by atoms with Gasteiger partial charge < -0.3 is 10.6 Å². The minimum absolute atomic E-state index is 0.304. The molecule has 0 spiro atoms. The maximum absolute atomic E-state index is 13.7. The van der Waals surface area contributed by atoms with Crippen molar-refractivity contribution in [3.63, 3.8) is 0 Å². The zero-order chi connectivity index (χ0) is 12.3. The highest BCUT2D eigenvalue weighted by Crippen LogP contribution is 2.21. The molecular formula is C13H14FN3. The zero-order valence-electron chi connectivity index (χ0n) is 9.60. The van der Waals surface area contributed by atoms with E-state index in [4.69, 9.17) is 5.73 Å². The normalized spacial score (nSPS) is 10.2. The summed E-state index contributed by atoms with van der Waals surface area (Å²) < 4.78 is 13.7. The molecule has 0 saturated carbocycles. The fourth-order valence-corrected chi connectivity index (χ4v) is 1.68. The van der Waals surface area contributed by atoms with E-state index in [2.05, 4.69) is 4.98 Å². The van der Waals surface area contributed by atoms with E-state index in [0.717, 1.165) is 5.56 Å². The zero-order valence-corrected chi connectivity index (χ0v) is 9.60. The first-order valence-corrected chi connectivity index (χ1v) is 5.32. The van der Waals surface area contributed by atoms with Gasteiger partial charge in [0.2, 0.25) is 0 Å². The van der Waals surface area contributed by atoms with Crippen LogP contribution in [0.1, 0.15) is 5.56 Å². The third kappa shape index (κ3) is 2.72. The van der Waals surface area contributed by atoms with Crippen molar-refractivity contribution in [3.8, 4) is 0 Å². The fourth-order valence-electron chi connectivity index (χ4n) is 1.68. The van der Waals surface area contributed by atoms with Crippen molar-refractivity contribution in [1.82, 2.24) is 4.98 Å². The smallest absolute Gasteiger partial charge is 0.148 e. The van der Waals surface area contributed by atoms with Crippen molar-refractivity contribution < 1.29 is 4.39 Å². The van der Waals surface area contributed by atoms with Crippen molar-refractivity contribution >= 4 is 11.4 Å². The van der Waals surface area contributed by atoms with Gasteiger partial charge in [-0.25, -0.2) is 4.39 Å². The molecule has 0 unspecified atom stereocenters. The number of pyridine rings is 1. The van der Waals surface area contributed by atoms with Crippen molar-refractivity contribution in [2.75, 3.05) is 17.7 Å². The molecule has 17 heavy (non-hydrogen) atoms. The Balaban J connectivity index is 2.17. The second-order valence-corrected chi connectivity index (χ2v) is 3.92. The summed E-state index contributed by atoms with van der Waals surface area (Å²) in [6.45, 7) is 0.628. The van der Waals surface area contributed by atoms with Gasteiger partial charge >= 0.3 is 0 Å². The van der Waals surface area contributed by atoms with Gasteiger partial charge in [0.15, 0.2) is 0 Å². The van der Waals surface area contributed by atoms with E-state index >= 15 is 0 Å². The lowest BCUT2D eigenvalue weighted by atomic mass is 10.2. The summed E-state index contributed by atoms with van der Waals surface area (Å²) in [5.74, 6) is -0.304. The Hall–Kier alpha value is -2.10. The largest absolute Gasteiger partial charge is 0.399 e. The van der Waals surface area contributed by atoms with Crippen LogP contribution in [0.25, 0.3) is 0 Å². The molecule has 2 aromatic rings. The number of halogens is 1. The average Bonchev–Trinajstić information content (AvgIpc) is 2.30. The van der Waals surface area contributed by atoms with Gasteiger partial charge in [-0.15, -0.1) is 0 Å². The second kappa shape index (κ2) is 4.82. The summed E-state index contributed by atoms with van der Waals surface area (Å²) >= 11 is 0. The Morgan fingerprint density at radius 3 is 2.59 bits per heavy atom. The molecule has 0 aliphatic rings. The number of rotatable bonds is 3. The molecule has 88 valence electrons. The van der Waals surface area contributed by atoms with E-state index < -0.39 is 0 Å². The van der Waals surface area contributed by atoms with Crippen LogP contribution in [0.3, 0.4) is 0 Å². The second-order valence-electron chi connectivity index (χ2n) is 3.92. The number of anilines is 2. The van der Waals surface area contributed by atoms with Crippen molar-refractivity contribution in [2.24, 2.45) is 0 Å². The highest BCUT2D eigenvalue weighted by atomic mass is 19.1. The van der Waals surface area contributed by atoms with Gasteiger partial charge in [-0.1, -0.05) is 0 Å². The lowest BCUT2D eigenvalue weighted by Gasteiger charge is -2.20. The molecule has 0 fully saturated rings. The summed E-state index contributed by atoms with van der Waals surface area (Å²) in [6, 6.07) is 8.53. The molecule has 2 N–H and O–H groups in total. The molecule has 0 radical (unpaired) electrons. The van der Waals surface area contributed by atoms with Crippen LogP contribution in [0.2, 0.25) is 0 Å². The van der Waals surface area contributed by atoms with Gasteiger partial charge in [-0.3, -0.25) is 4.98 Å². The number of benzene rings is 1. The summed E-state index contributed by atoms with van der Waals surface area (Å²) in [6.07, 6.45) is 3.45. The quantitative estimate of drug-likeness (QED) is 0.825. The predicted molar refractivity (Wildman–Crippen MR) is 67.2 cm³/mol. The van der Waals surface area contributed by atoms with E-state index in [1.807, 2.05) is 24.1 Å². The first-order valence-electron chi connectivity index (χ1n) is 5.32. The molecule has 0 aliphatic carbocycles. The Bertz CT molecular complexity index is 499. The molecule has 3 nitrogen and oxygen atoms in total. The Kier molecular flexibility index (Phi) is 3.23. The fraction of sp³-hybridized carbons (Fsp3) is 0.154. The van der Waals surface area contributed by atoms with Gasteiger partial charge in [0.1, 0.15) is 5.82 Å². The Labute approximate surface area is 99.7 Å². The number of hydrogen-bond donors (Lipinski definition) is 1. The van der Waals surface area contributed by atoms with Crippen molar-refractivity contribution in [2.45, 2.75) is 6.54 Å². The number of hydrogen-bond acceptors (Lipinski definition) is 3. The van der Waals surface area contributed by atoms with Gasteiger partial charge in [-0.05, 0) is 35.9 Å². The molecule has 1 heterocycles. The van der Waals surface area contributed by atoms with Gasteiger partial charge in [-0.2, -0.15) is 0 Å². The van der Waals surface area contributed by atoms with Crippen LogP contribution >= 0.6 is 0 Å². The van der Waals surface area contributed by atoms with E-state index in [1.165, 1.54) is 6.07 Å². The van der Waals surface area contributed by atoms with Gasteiger partial charge in [0.25, 0.3) is 0 Å². The predicted octanol–water partition coefficient (Wildman–Crippen LogP) is 2.44. The highest BCUT2D eigenvalue weighted by molar-refractivity contribution is 5.54. The van der Waals surface area contributed by atoms with Crippen molar-refractivity contribution in [1.29, 1.82) is 0 Å². The number of nitrogens with zero attached hydrogens (tertiary/aromatic N) is 2. The molecule has 0 atom stereocenters. The lowest BCUT2D eigenvalue weighted by Crippen LogP contribution is -2.17. The topological polar surface area (TPSA) is 42.2 Å². The molecule has 4 heteroatoms. The third-order valence-electron chi connectivity index (χ3n) is 2.55. The summed E-state index contributed by atoms with van der Waals surface area (Å²) in [5.41, 5.74) is 7.57. The molecule has 2 rings (SSSR count). The molecule has 0 amide bonds. The van der Waals surface area contributed by atoms with Crippen LogP contribution < -0.4 is 10.6 Å². The summed E-state index contributed by atoms with van der Waals surface area (Å²) in [7, 11) is 1.84. The standard InChI is InChI=1S/C13H14FN3/c1-17(9-10-4-6-16-7-5-10)13-3-2-11(15)8-12(13)14/h2-8H,9,15H2,1H3. The molecule has 0 bridgehead atoms. The van der Waals surface area contributed by atoms with Crippen LogP contribution in [-0.4, -0.2) is 12.0 Å². The van der Waals surface area contributed by atoms with Crippen LogP contribution in [0, 0.1) is 5.82 Å². The minimum atomic E-state index is -0.304. The SMILES string of the molecule is CN(Cc1ccncc1)c1ccc(N)cc1F. The molecular weight excluding hydrogens is 217 g/mol. The minimum Gasteiger partial charge on any atom is -0.399 e. The van der Waals surface area contributed by atoms with Gasteiger partial charge in [0.05, 0.1) is 5.69 Å². The molecule has 1 aromatic heterocycles. The first-order chi connectivity index (χ1) is 8.16. The Morgan fingerprint density at radius 2 is 1.94 bits per heavy atom. The van der Waals surface area contributed by atoms with E-state index in [-0.39, 0.29) is 5.82 Å². The maximum Gasteiger partial charge on any atom is 0.148 e. The van der Waals surface area contributed by atoms with E-state index in [1.54, 1.807) is 24.5 Å². The summed E-state index contributed by atoms with van der Waals surface area (Å²) in [5, 5.41) is 0. The van der Waals surface area contributed by atoms with Crippen molar-refractivity contribution in [3.05, 3.63) is 54.1 Å². The highest BCUT2D eigenvalue weighted by Gasteiger charge is 2.08. The van der Waals surface area contributed by atoms with E-state index in [0.29, 0.717) is 17.9 Å². The maximum atomic E-state index is 13.7. The van der Waals surface area contributed by atoms with Crippen LogP contribution in [0.5, 0.6) is 0 Å². The Morgan fingerprint density at radius 1 is 1.24 bits per heavy atom. The first kappa shape index (κ1) is 11.4. The number of nitrogens with two attached hydrogens (primary N) is 1. The lowest BCUT2D eigenvalue weighted by molar-refractivity contribution is 0.623. The third-order valence-corrected chi connectivity index (χ3v) is 2.55. The van der Waals surface area contributed by atoms with E-state index in [9.17, 15) is 4.39 Å².